The maximum absolute atomic E-state index is 5.10. The zero-order chi connectivity index (χ0) is 7.40. The van der Waals surface area contributed by atoms with E-state index in [9.17, 15) is 0 Å². The molecule has 0 radical (unpaired) electrons. The molecule has 1 rings (SSSR count). The maximum Gasteiger partial charge on any atom is 0.0956 e. The lowest BCUT2D eigenvalue weighted by atomic mass is 10.0. The van der Waals surface area contributed by atoms with Crippen molar-refractivity contribution in [1.29, 1.82) is 0 Å². The summed E-state index contributed by atoms with van der Waals surface area (Å²) in [5.41, 5.74) is 1.53. The highest BCUT2D eigenvalue weighted by Gasteiger charge is 2.02. The van der Waals surface area contributed by atoms with Gasteiger partial charge in [-0.2, -0.15) is 0 Å². The van der Waals surface area contributed by atoms with E-state index in [1.54, 1.807) is 7.11 Å². The molecule has 0 aliphatic heterocycles. The molecule has 0 aromatic heterocycles. The van der Waals surface area contributed by atoms with Crippen molar-refractivity contribution in [1.82, 2.24) is 0 Å². The van der Waals surface area contributed by atoms with Crippen molar-refractivity contribution in [2.24, 2.45) is 0 Å². The molecule has 10 heavy (non-hydrogen) atoms. The normalized spacial score (nSPS) is 17.8. The average molecular weight is 138 g/mol. The van der Waals surface area contributed by atoms with E-state index in [1.807, 2.05) is 0 Å². The molecule has 0 N–H and O–H groups in total. The van der Waals surface area contributed by atoms with Crippen LogP contribution in [0.25, 0.3) is 0 Å². The second-order valence-electron chi connectivity index (χ2n) is 2.50. The van der Waals surface area contributed by atoms with Gasteiger partial charge in [-0.25, -0.2) is 0 Å². The van der Waals surface area contributed by atoms with Gasteiger partial charge in [0, 0.05) is 6.42 Å². The number of methoxy groups -OCH3 is 1. The van der Waals surface area contributed by atoms with Gasteiger partial charge in [0.15, 0.2) is 0 Å². The van der Waals surface area contributed by atoms with Crippen LogP contribution in [-0.4, -0.2) is 7.11 Å². The summed E-state index contributed by atoms with van der Waals surface area (Å²) in [5.74, 6) is 1.11. The van der Waals surface area contributed by atoms with Crippen molar-refractivity contribution >= 4 is 0 Å². The number of rotatable bonds is 2. The summed E-state index contributed by atoms with van der Waals surface area (Å²) in [6, 6.07) is 0. The molecule has 0 heterocycles. The largest absolute Gasteiger partial charge is 0.501 e. The molecule has 0 aromatic carbocycles. The molecule has 0 spiro atoms. The fourth-order valence-corrected chi connectivity index (χ4v) is 1.11. The van der Waals surface area contributed by atoms with Gasteiger partial charge in [0.1, 0.15) is 0 Å². The highest BCUT2D eigenvalue weighted by molar-refractivity contribution is 5.17. The predicted molar refractivity (Wildman–Crippen MR) is 42.7 cm³/mol. The van der Waals surface area contributed by atoms with E-state index in [1.165, 1.54) is 12.0 Å². The van der Waals surface area contributed by atoms with Gasteiger partial charge in [0.05, 0.1) is 12.9 Å². The van der Waals surface area contributed by atoms with E-state index in [-0.39, 0.29) is 0 Å². The first-order valence-electron chi connectivity index (χ1n) is 3.77. The van der Waals surface area contributed by atoms with E-state index in [4.69, 9.17) is 4.74 Å². The standard InChI is InChI=1S/C9H14O/c1-3-8-4-6-9(10-2)7-5-8/h4,7H,3,5-6H2,1-2H3. The fraction of sp³-hybridized carbons (Fsp3) is 0.556. The first kappa shape index (κ1) is 7.39. The van der Waals surface area contributed by atoms with E-state index in [0.717, 1.165) is 18.6 Å². The van der Waals surface area contributed by atoms with E-state index < -0.39 is 0 Å². The van der Waals surface area contributed by atoms with Crippen LogP contribution in [0.1, 0.15) is 26.2 Å². The third kappa shape index (κ3) is 1.63. The number of allylic oxidation sites excluding steroid dienone is 3. The summed E-state index contributed by atoms with van der Waals surface area (Å²) in [7, 11) is 1.73. The molecule has 0 atom stereocenters. The lowest BCUT2D eigenvalue weighted by Crippen LogP contribution is -1.93. The maximum atomic E-state index is 5.10. The molecular weight excluding hydrogens is 124 g/mol. The third-order valence-corrected chi connectivity index (χ3v) is 1.90. The van der Waals surface area contributed by atoms with Crippen molar-refractivity contribution in [3.05, 3.63) is 23.5 Å². The summed E-state index contributed by atoms with van der Waals surface area (Å²) in [6.45, 7) is 2.19. The molecule has 0 aromatic rings. The summed E-state index contributed by atoms with van der Waals surface area (Å²) >= 11 is 0. The zero-order valence-electron chi connectivity index (χ0n) is 6.68. The molecule has 1 nitrogen and oxygen atoms in total. The van der Waals surface area contributed by atoms with Gasteiger partial charge in [-0.05, 0) is 18.9 Å². The van der Waals surface area contributed by atoms with Crippen molar-refractivity contribution in [3.63, 3.8) is 0 Å². The monoisotopic (exact) mass is 138 g/mol. The van der Waals surface area contributed by atoms with Crippen LogP contribution < -0.4 is 0 Å². The second-order valence-corrected chi connectivity index (χ2v) is 2.50. The van der Waals surface area contributed by atoms with E-state index >= 15 is 0 Å². The summed E-state index contributed by atoms with van der Waals surface area (Å²) in [5, 5.41) is 0. The molecule has 0 saturated carbocycles. The zero-order valence-corrected chi connectivity index (χ0v) is 6.68. The van der Waals surface area contributed by atoms with Gasteiger partial charge in [0.2, 0.25) is 0 Å². The molecule has 0 saturated heterocycles. The SMILES string of the molecule is CCC1=CCC(OC)=CC1. The Kier molecular flexibility index (Phi) is 2.55. The number of hydrogen-bond acceptors (Lipinski definition) is 1. The lowest BCUT2D eigenvalue weighted by molar-refractivity contribution is 0.281. The minimum absolute atomic E-state index is 0.986. The summed E-state index contributed by atoms with van der Waals surface area (Å²) < 4.78 is 5.10. The van der Waals surface area contributed by atoms with Crippen LogP contribution in [0.3, 0.4) is 0 Å². The first-order valence-corrected chi connectivity index (χ1v) is 3.77. The summed E-state index contributed by atoms with van der Waals surface area (Å²) in [6.07, 6.45) is 7.67. The van der Waals surface area contributed by atoms with Gasteiger partial charge in [0.25, 0.3) is 0 Å². The topological polar surface area (TPSA) is 9.23 Å². The lowest BCUT2D eigenvalue weighted by Gasteiger charge is -2.10. The predicted octanol–water partition coefficient (Wildman–Crippen LogP) is 2.65. The Morgan fingerprint density at radius 1 is 1.40 bits per heavy atom. The van der Waals surface area contributed by atoms with Gasteiger partial charge in [-0.15, -0.1) is 0 Å². The molecule has 1 aliphatic carbocycles. The van der Waals surface area contributed by atoms with Gasteiger partial charge >= 0.3 is 0 Å². The molecule has 0 bridgehead atoms. The van der Waals surface area contributed by atoms with Crippen LogP contribution in [0.4, 0.5) is 0 Å². The Balaban J connectivity index is 2.45. The highest BCUT2D eigenvalue weighted by Crippen LogP contribution is 2.19. The average Bonchev–Trinajstić information content (AvgIpc) is 2.05. The fourth-order valence-electron chi connectivity index (χ4n) is 1.11. The van der Waals surface area contributed by atoms with E-state index in [0.29, 0.717) is 0 Å². The number of hydrogen-bond donors (Lipinski definition) is 0. The molecule has 0 amide bonds. The van der Waals surface area contributed by atoms with Crippen molar-refractivity contribution in [3.8, 4) is 0 Å². The Bertz CT molecular complexity index is 146. The Morgan fingerprint density at radius 2 is 2.20 bits per heavy atom. The number of ether oxygens (including phenoxy) is 1. The molecule has 56 valence electrons. The second kappa shape index (κ2) is 3.45. The van der Waals surface area contributed by atoms with Gasteiger partial charge < -0.3 is 4.74 Å². The van der Waals surface area contributed by atoms with Crippen LogP contribution in [0.2, 0.25) is 0 Å². The quantitative estimate of drug-likeness (QED) is 0.533. The van der Waals surface area contributed by atoms with E-state index in [2.05, 4.69) is 19.1 Å². The van der Waals surface area contributed by atoms with Gasteiger partial charge in [-0.3, -0.25) is 0 Å². The van der Waals surface area contributed by atoms with Crippen LogP contribution in [0.15, 0.2) is 23.5 Å². The Morgan fingerprint density at radius 3 is 2.60 bits per heavy atom. The minimum Gasteiger partial charge on any atom is -0.501 e. The molecule has 1 aliphatic rings. The molecule has 0 unspecified atom stereocenters. The molecular formula is C9H14O. The minimum atomic E-state index is 0.986. The first-order chi connectivity index (χ1) is 4.86. The van der Waals surface area contributed by atoms with Crippen molar-refractivity contribution < 1.29 is 4.74 Å². The molecule has 0 fully saturated rings. The van der Waals surface area contributed by atoms with Crippen molar-refractivity contribution in [2.75, 3.05) is 7.11 Å². The van der Waals surface area contributed by atoms with Crippen LogP contribution in [0, 0.1) is 0 Å². The molecule has 1 heteroatoms. The highest BCUT2D eigenvalue weighted by atomic mass is 16.5. The van der Waals surface area contributed by atoms with Crippen LogP contribution in [0.5, 0.6) is 0 Å². The third-order valence-electron chi connectivity index (χ3n) is 1.90. The van der Waals surface area contributed by atoms with Gasteiger partial charge in [-0.1, -0.05) is 18.6 Å². The van der Waals surface area contributed by atoms with Crippen LogP contribution in [-0.2, 0) is 4.74 Å². The van der Waals surface area contributed by atoms with Crippen molar-refractivity contribution in [2.45, 2.75) is 26.2 Å². The van der Waals surface area contributed by atoms with Crippen LogP contribution >= 0.6 is 0 Å². The Hall–Kier alpha value is -0.720. The summed E-state index contributed by atoms with van der Waals surface area (Å²) in [4.78, 5) is 0. The smallest absolute Gasteiger partial charge is 0.0956 e. The Labute approximate surface area is 62.4 Å².